The number of aromatic nitrogens is 1. The van der Waals surface area contributed by atoms with Gasteiger partial charge in [0.15, 0.2) is 11.5 Å². The molecule has 0 saturated carbocycles. The van der Waals surface area contributed by atoms with Crippen molar-refractivity contribution in [3.63, 3.8) is 0 Å². The Bertz CT molecular complexity index is 540. The Morgan fingerprint density at radius 1 is 1.12 bits per heavy atom. The standard InChI is InChI=1S/C12H12N2O2/c1-13-12-3-2-8-6-10-11(7-9(8)14-12)16-5-4-15-10/h2-3,6-7H,4-5H2,1H3,(H,13,14). The monoisotopic (exact) mass is 216 g/mol. The van der Waals surface area contributed by atoms with Gasteiger partial charge in [-0.3, -0.25) is 0 Å². The van der Waals surface area contributed by atoms with Crippen LogP contribution in [0.2, 0.25) is 0 Å². The summed E-state index contributed by atoms with van der Waals surface area (Å²) in [7, 11) is 1.85. The molecule has 1 aliphatic heterocycles. The molecule has 2 heterocycles. The van der Waals surface area contributed by atoms with Crippen molar-refractivity contribution in [3.8, 4) is 11.5 Å². The highest BCUT2D eigenvalue weighted by molar-refractivity contribution is 5.84. The first-order chi connectivity index (χ1) is 7.86. The van der Waals surface area contributed by atoms with Gasteiger partial charge in [0.1, 0.15) is 19.0 Å². The molecule has 0 saturated heterocycles. The fraction of sp³-hybridized carbons (Fsp3) is 0.250. The summed E-state index contributed by atoms with van der Waals surface area (Å²) in [6.07, 6.45) is 0. The lowest BCUT2D eigenvalue weighted by Gasteiger charge is -2.18. The van der Waals surface area contributed by atoms with Crippen LogP contribution in [0.3, 0.4) is 0 Å². The van der Waals surface area contributed by atoms with Crippen molar-refractivity contribution in [2.45, 2.75) is 0 Å². The molecule has 0 fully saturated rings. The van der Waals surface area contributed by atoms with Crippen molar-refractivity contribution in [2.75, 3.05) is 25.6 Å². The van der Waals surface area contributed by atoms with E-state index in [1.807, 2.05) is 31.3 Å². The fourth-order valence-corrected chi connectivity index (χ4v) is 1.80. The highest BCUT2D eigenvalue weighted by Crippen LogP contribution is 2.34. The van der Waals surface area contributed by atoms with Gasteiger partial charge in [-0.2, -0.15) is 0 Å². The number of nitrogens with zero attached hydrogens (tertiary/aromatic N) is 1. The van der Waals surface area contributed by atoms with Crippen LogP contribution in [-0.4, -0.2) is 25.2 Å². The van der Waals surface area contributed by atoms with E-state index in [1.165, 1.54) is 0 Å². The Kier molecular flexibility index (Phi) is 2.06. The molecular formula is C12H12N2O2. The molecular weight excluding hydrogens is 204 g/mol. The van der Waals surface area contributed by atoms with Crippen molar-refractivity contribution in [2.24, 2.45) is 0 Å². The average Bonchev–Trinajstić information content (AvgIpc) is 2.35. The van der Waals surface area contributed by atoms with Gasteiger partial charge < -0.3 is 14.8 Å². The summed E-state index contributed by atoms with van der Waals surface area (Å²) in [6, 6.07) is 7.85. The van der Waals surface area contributed by atoms with Crippen LogP contribution in [0, 0.1) is 0 Å². The first-order valence-corrected chi connectivity index (χ1v) is 5.25. The summed E-state index contributed by atoms with van der Waals surface area (Å²) in [6.45, 7) is 1.21. The van der Waals surface area contributed by atoms with Crippen LogP contribution in [-0.2, 0) is 0 Å². The zero-order valence-corrected chi connectivity index (χ0v) is 8.99. The largest absolute Gasteiger partial charge is 0.486 e. The van der Waals surface area contributed by atoms with E-state index < -0.39 is 0 Å². The maximum atomic E-state index is 5.52. The topological polar surface area (TPSA) is 43.4 Å². The third kappa shape index (κ3) is 1.43. The molecule has 0 amide bonds. The van der Waals surface area contributed by atoms with Gasteiger partial charge in [0.05, 0.1) is 5.52 Å². The van der Waals surface area contributed by atoms with Crippen LogP contribution in [0.15, 0.2) is 24.3 Å². The molecule has 4 heteroatoms. The van der Waals surface area contributed by atoms with E-state index in [0.717, 1.165) is 28.2 Å². The van der Waals surface area contributed by atoms with Gasteiger partial charge in [0.25, 0.3) is 0 Å². The van der Waals surface area contributed by atoms with Crippen LogP contribution in [0.25, 0.3) is 10.9 Å². The Labute approximate surface area is 93.2 Å². The quantitative estimate of drug-likeness (QED) is 0.792. The molecule has 82 valence electrons. The minimum atomic E-state index is 0.601. The number of hydrogen-bond acceptors (Lipinski definition) is 4. The zero-order valence-electron chi connectivity index (χ0n) is 8.99. The molecule has 0 spiro atoms. The molecule has 1 aromatic heterocycles. The highest BCUT2D eigenvalue weighted by Gasteiger charge is 2.12. The Hall–Kier alpha value is -1.97. The number of fused-ring (bicyclic) bond motifs is 2. The second kappa shape index (κ2) is 3.56. The zero-order chi connectivity index (χ0) is 11.0. The maximum Gasteiger partial charge on any atom is 0.163 e. The Morgan fingerprint density at radius 2 is 1.88 bits per heavy atom. The molecule has 2 aromatic rings. The van der Waals surface area contributed by atoms with E-state index in [1.54, 1.807) is 0 Å². The molecule has 16 heavy (non-hydrogen) atoms. The van der Waals surface area contributed by atoms with Gasteiger partial charge in [0, 0.05) is 18.5 Å². The summed E-state index contributed by atoms with van der Waals surface area (Å²) in [5, 5.41) is 4.07. The predicted molar refractivity (Wildman–Crippen MR) is 62.3 cm³/mol. The van der Waals surface area contributed by atoms with Gasteiger partial charge >= 0.3 is 0 Å². The van der Waals surface area contributed by atoms with Crippen molar-refractivity contribution < 1.29 is 9.47 Å². The second-order valence-corrected chi connectivity index (χ2v) is 3.64. The van der Waals surface area contributed by atoms with Gasteiger partial charge in [-0.1, -0.05) is 0 Å². The lowest BCUT2D eigenvalue weighted by Crippen LogP contribution is -2.15. The first kappa shape index (κ1) is 9.27. The number of anilines is 1. The normalized spacial score (nSPS) is 13.8. The summed E-state index contributed by atoms with van der Waals surface area (Å²) in [4.78, 5) is 4.46. The third-order valence-corrected chi connectivity index (χ3v) is 2.61. The SMILES string of the molecule is CNc1ccc2cc3c(cc2n1)OCCO3. The predicted octanol–water partition coefficient (Wildman–Crippen LogP) is 2.05. The number of rotatable bonds is 1. The van der Waals surface area contributed by atoms with Crippen LogP contribution in [0.4, 0.5) is 5.82 Å². The smallest absolute Gasteiger partial charge is 0.163 e. The summed E-state index contributed by atoms with van der Waals surface area (Å²) < 4.78 is 11.0. The molecule has 1 aliphatic rings. The van der Waals surface area contributed by atoms with E-state index >= 15 is 0 Å². The summed E-state index contributed by atoms with van der Waals surface area (Å²) in [5.41, 5.74) is 0.913. The van der Waals surface area contributed by atoms with E-state index in [0.29, 0.717) is 13.2 Å². The number of pyridine rings is 1. The molecule has 1 N–H and O–H groups in total. The molecule has 1 aromatic carbocycles. The lowest BCUT2D eigenvalue weighted by molar-refractivity contribution is 0.172. The molecule has 0 bridgehead atoms. The van der Waals surface area contributed by atoms with E-state index in [2.05, 4.69) is 10.3 Å². The average molecular weight is 216 g/mol. The van der Waals surface area contributed by atoms with Gasteiger partial charge in [-0.25, -0.2) is 4.98 Å². The van der Waals surface area contributed by atoms with Crippen LogP contribution in [0.5, 0.6) is 11.5 Å². The van der Waals surface area contributed by atoms with Gasteiger partial charge in [-0.15, -0.1) is 0 Å². The Balaban J connectivity index is 2.19. The molecule has 4 nitrogen and oxygen atoms in total. The van der Waals surface area contributed by atoms with Crippen molar-refractivity contribution in [3.05, 3.63) is 24.3 Å². The first-order valence-electron chi connectivity index (χ1n) is 5.25. The number of nitrogens with one attached hydrogen (secondary N) is 1. The van der Waals surface area contributed by atoms with Crippen molar-refractivity contribution in [1.29, 1.82) is 0 Å². The summed E-state index contributed by atoms with van der Waals surface area (Å²) >= 11 is 0. The van der Waals surface area contributed by atoms with Gasteiger partial charge in [-0.05, 0) is 18.2 Å². The van der Waals surface area contributed by atoms with E-state index in [-0.39, 0.29) is 0 Å². The second-order valence-electron chi connectivity index (χ2n) is 3.64. The van der Waals surface area contributed by atoms with E-state index in [4.69, 9.17) is 9.47 Å². The van der Waals surface area contributed by atoms with Gasteiger partial charge in [0.2, 0.25) is 0 Å². The maximum absolute atomic E-state index is 5.52. The van der Waals surface area contributed by atoms with E-state index in [9.17, 15) is 0 Å². The lowest BCUT2D eigenvalue weighted by atomic mass is 10.2. The van der Waals surface area contributed by atoms with Crippen molar-refractivity contribution >= 4 is 16.7 Å². The molecule has 3 rings (SSSR count). The fourth-order valence-electron chi connectivity index (χ4n) is 1.80. The summed E-state index contributed by atoms with van der Waals surface area (Å²) in [5.74, 6) is 2.43. The van der Waals surface area contributed by atoms with Crippen LogP contribution < -0.4 is 14.8 Å². The van der Waals surface area contributed by atoms with Crippen molar-refractivity contribution in [1.82, 2.24) is 4.98 Å². The molecule has 0 radical (unpaired) electrons. The third-order valence-electron chi connectivity index (χ3n) is 2.61. The van der Waals surface area contributed by atoms with Crippen LogP contribution in [0.1, 0.15) is 0 Å². The number of ether oxygens (including phenoxy) is 2. The molecule has 0 atom stereocenters. The number of hydrogen-bond donors (Lipinski definition) is 1. The molecule has 0 unspecified atom stereocenters. The molecule has 0 aliphatic carbocycles. The highest BCUT2D eigenvalue weighted by atomic mass is 16.6. The number of benzene rings is 1. The Morgan fingerprint density at radius 3 is 2.62 bits per heavy atom. The van der Waals surface area contributed by atoms with Crippen LogP contribution >= 0.6 is 0 Å². The minimum absolute atomic E-state index is 0.601. The minimum Gasteiger partial charge on any atom is -0.486 e.